The van der Waals surface area contributed by atoms with Gasteiger partial charge in [0.2, 0.25) is 0 Å². The lowest BCUT2D eigenvalue weighted by molar-refractivity contribution is 0.329. The summed E-state index contributed by atoms with van der Waals surface area (Å²) in [4.78, 5) is 4.33. The maximum atomic E-state index is 13.3. The van der Waals surface area contributed by atoms with Crippen LogP contribution in [0.5, 0.6) is 11.5 Å². The van der Waals surface area contributed by atoms with Gasteiger partial charge >= 0.3 is 10.1 Å². The van der Waals surface area contributed by atoms with Gasteiger partial charge in [-0.05, 0) is 71.1 Å². The quantitative estimate of drug-likeness (QED) is 0.339. The minimum Gasteiger partial charge on any atom is -0.492 e. The van der Waals surface area contributed by atoms with Crippen LogP contribution in [-0.4, -0.2) is 20.0 Å². The van der Waals surface area contributed by atoms with E-state index >= 15 is 0 Å². The van der Waals surface area contributed by atoms with Gasteiger partial charge in [0.1, 0.15) is 16.2 Å². The molecule has 2 aromatic carbocycles. The summed E-state index contributed by atoms with van der Waals surface area (Å²) in [6, 6.07) is 8.76. The summed E-state index contributed by atoms with van der Waals surface area (Å²) in [5.41, 5.74) is 2.33. The van der Waals surface area contributed by atoms with Gasteiger partial charge in [0.25, 0.3) is 0 Å². The third kappa shape index (κ3) is 4.44. The fraction of sp³-hybridized carbons (Fsp3) is 0.286. The molecule has 1 heterocycles. The Morgan fingerprint density at radius 1 is 1.14 bits per heavy atom. The van der Waals surface area contributed by atoms with Gasteiger partial charge in [-0.1, -0.05) is 35.8 Å². The highest BCUT2D eigenvalue weighted by Crippen LogP contribution is 2.40. The van der Waals surface area contributed by atoms with E-state index in [4.69, 9.17) is 8.92 Å². The van der Waals surface area contributed by atoms with E-state index in [-0.39, 0.29) is 22.3 Å². The second-order valence-corrected chi connectivity index (χ2v) is 10.1. The van der Waals surface area contributed by atoms with E-state index in [1.807, 2.05) is 33.8 Å². The van der Waals surface area contributed by atoms with Crippen molar-refractivity contribution < 1.29 is 17.3 Å². The number of benzene rings is 2. The highest BCUT2D eigenvalue weighted by Gasteiger charge is 2.27. The molecule has 0 radical (unpaired) electrons. The van der Waals surface area contributed by atoms with Gasteiger partial charge in [0.05, 0.1) is 11.1 Å². The first-order valence-electron chi connectivity index (χ1n) is 9.10. The minimum atomic E-state index is -4.18. The SMILES string of the molecule is CCOc1cc(C)c(C(C)C)cc1S(=O)(=O)Oc1c(Br)cc(Br)c2cccnc12. The van der Waals surface area contributed by atoms with Crippen LogP contribution in [0.25, 0.3) is 10.9 Å². The summed E-state index contributed by atoms with van der Waals surface area (Å²) in [6.45, 7) is 8.13. The highest BCUT2D eigenvalue weighted by atomic mass is 79.9. The Bertz CT molecular complexity index is 1180. The average Bonchev–Trinajstić information content (AvgIpc) is 2.65. The van der Waals surface area contributed by atoms with Crippen LogP contribution in [0.4, 0.5) is 0 Å². The number of ether oxygens (including phenoxy) is 1. The standard InChI is InChI=1S/C21H21Br2NO4S/c1-5-27-18-9-13(4)15(12(2)3)10-19(18)29(25,26)28-21-17(23)11-16(22)14-7-6-8-24-20(14)21/h6-12H,5H2,1-4H3. The molecule has 0 bridgehead atoms. The first-order valence-corrected chi connectivity index (χ1v) is 12.1. The number of halogens is 2. The number of rotatable bonds is 6. The monoisotopic (exact) mass is 541 g/mol. The summed E-state index contributed by atoms with van der Waals surface area (Å²) in [6.07, 6.45) is 1.59. The third-order valence-electron chi connectivity index (χ3n) is 4.47. The molecular weight excluding hydrogens is 522 g/mol. The molecule has 0 aliphatic carbocycles. The molecule has 0 N–H and O–H groups in total. The van der Waals surface area contributed by atoms with Gasteiger partial charge in [0.15, 0.2) is 5.75 Å². The van der Waals surface area contributed by atoms with Gasteiger partial charge in [0, 0.05) is 16.1 Å². The lowest BCUT2D eigenvalue weighted by atomic mass is 9.98. The molecular formula is C21H21Br2NO4S. The van der Waals surface area contributed by atoms with Crippen LogP contribution < -0.4 is 8.92 Å². The molecule has 0 fully saturated rings. The molecule has 3 rings (SSSR count). The molecule has 3 aromatic rings. The molecule has 0 unspecified atom stereocenters. The lowest BCUT2D eigenvalue weighted by Crippen LogP contribution is -2.14. The van der Waals surface area contributed by atoms with Gasteiger partial charge < -0.3 is 8.92 Å². The number of aryl methyl sites for hydroxylation is 1. The molecule has 0 aliphatic rings. The fourth-order valence-corrected chi connectivity index (χ4v) is 5.72. The number of hydrogen-bond donors (Lipinski definition) is 0. The second kappa shape index (κ2) is 8.62. The van der Waals surface area contributed by atoms with Crippen molar-refractivity contribution in [1.82, 2.24) is 4.98 Å². The smallest absolute Gasteiger partial charge is 0.343 e. The Morgan fingerprint density at radius 2 is 1.86 bits per heavy atom. The molecule has 154 valence electrons. The third-order valence-corrected chi connectivity index (χ3v) is 6.96. The average molecular weight is 543 g/mol. The summed E-state index contributed by atoms with van der Waals surface area (Å²) in [7, 11) is -4.18. The van der Waals surface area contributed by atoms with Crippen LogP contribution in [0.1, 0.15) is 37.8 Å². The number of nitrogens with zero attached hydrogens (tertiary/aromatic N) is 1. The van der Waals surface area contributed by atoms with Crippen molar-refractivity contribution in [2.24, 2.45) is 0 Å². The van der Waals surface area contributed by atoms with Gasteiger partial charge in [-0.2, -0.15) is 8.42 Å². The Morgan fingerprint density at radius 3 is 2.52 bits per heavy atom. The Labute approximate surface area is 187 Å². The Kier molecular flexibility index (Phi) is 6.55. The lowest BCUT2D eigenvalue weighted by Gasteiger charge is -2.18. The first kappa shape index (κ1) is 22.1. The van der Waals surface area contributed by atoms with Crippen LogP contribution in [-0.2, 0) is 10.1 Å². The Balaban J connectivity index is 2.19. The Hall–Kier alpha value is -1.64. The van der Waals surface area contributed by atoms with E-state index in [9.17, 15) is 8.42 Å². The van der Waals surface area contributed by atoms with Crippen molar-refractivity contribution in [1.29, 1.82) is 0 Å². The maximum absolute atomic E-state index is 13.3. The van der Waals surface area contributed by atoms with E-state index in [1.165, 1.54) is 0 Å². The molecule has 29 heavy (non-hydrogen) atoms. The van der Waals surface area contributed by atoms with Gasteiger partial charge in [-0.3, -0.25) is 4.98 Å². The largest absolute Gasteiger partial charge is 0.492 e. The van der Waals surface area contributed by atoms with Crippen LogP contribution in [0, 0.1) is 6.92 Å². The van der Waals surface area contributed by atoms with E-state index in [0.29, 0.717) is 16.6 Å². The van der Waals surface area contributed by atoms with Crippen molar-refractivity contribution in [3.63, 3.8) is 0 Å². The maximum Gasteiger partial charge on any atom is 0.343 e. The van der Waals surface area contributed by atoms with Crippen LogP contribution in [0.2, 0.25) is 0 Å². The van der Waals surface area contributed by atoms with Crippen molar-refractivity contribution in [3.8, 4) is 11.5 Å². The fourth-order valence-electron chi connectivity index (χ4n) is 3.14. The summed E-state index contributed by atoms with van der Waals surface area (Å²) in [5, 5.41) is 0.748. The first-order chi connectivity index (χ1) is 13.7. The zero-order valence-corrected chi connectivity index (χ0v) is 20.5. The van der Waals surface area contributed by atoms with Gasteiger partial charge in [-0.25, -0.2) is 0 Å². The molecule has 0 saturated heterocycles. The summed E-state index contributed by atoms with van der Waals surface area (Å²) in [5.74, 6) is 0.569. The molecule has 0 amide bonds. The van der Waals surface area contributed by atoms with Crippen molar-refractivity contribution in [2.45, 2.75) is 38.5 Å². The second-order valence-electron chi connectivity index (χ2n) is 6.85. The van der Waals surface area contributed by atoms with Crippen LogP contribution in [0.15, 0.2) is 50.4 Å². The highest BCUT2D eigenvalue weighted by molar-refractivity contribution is 9.11. The zero-order chi connectivity index (χ0) is 21.3. The predicted molar refractivity (Wildman–Crippen MR) is 121 cm³/mol. The molecule has 0 aliphatic heterocycles. The van der Waals surface area contributed by atoms with E-state index in [2.05, 4.69) is 36.8 Å². The minimum absolute atomic E-state index is 0.00699. The van der Waals surface area contributed by atoms with Crippen molar-refractivity contribution >= 4 is 52.9 Å². The normalized spacial score (nSPS) is 11.8. The number of aromatic nitrogens is 1. The molecule has 1 aromatic heterocycles. The number of fused-ring (bicyclic) bond motifs is 1. The van der Waals surface area contributed by atoms with E-state index < -0.39 is 10.1 Å². The van der Waals surface area contributed by atoms with Crippen LogP contribution in [0.3, 0.4) is 0 Å². The van der Waals surface area contributed by atoms with Crippen molar-refractivity contribution in [3.05, 3.63) is 56.6 Å². The molecule has 0 atom stereocenters. The summed E-state index contributed by atoms with van der Waals surface area (Å²) < 4.78 is 39.1. The predicted octanol–water partition coefficient (Wildman–Crippen LogP) is 6.36. The number of hydrogen-bond acceptors (Lipinski definition) is 5. The summed E-state index contributed by atoms with van der Waals surface area (Å²) >= 11 is 6.88. The van der Waals surface area contributed by atoms with Crippen LogP contribution >= 0.6 is 31.9 Å². The topological polar surface area (TPSA) is 65.5 Å². The molecule has 0 spiro atoms. The molecule has 5 nitrogen and oxygen atoms in total. The van der Waals surface area contributed by atoms with Crippen molar-refractivity contribution in [2.75, 3.05) is 6.61 Å². The zero-order valence-electron chi connectivity index (χ0n) is 16.5. The number of pyridine rings is 1. The molecule has 0 saturated carbocycles. The van der Waals surface area contributed by atoms with Gasteiger partial charge in [-0.15, -0.1) is 0 Å². The molecule has 8 heteroatoms. The van der Waals surface area contributed by atoms with E-state index in [0.717, 1.165) is 21.0 Å². The van der Waals surface area contributed by atoms with E-state index in [1.54, 1.807) is 30.5 Å².